The van der Waals surface area contributed by atoms with Crippen LogP contribution < -0.4 is 5.32 Å². The highest BCUT2D eigenvalue weighted by molar-refractivity contribution is 5.86. The topological polar surface area (TPSA) is 37.3 Å². The summed E-state index contributed by atoms with van der Waals surface area (Å²) in [5, 5.41) is 4.07. The van der Waals surface area contributed by atoms with Gasteiger partial charge in [0.25, 0.3) is 0 Å². The van der Waals surface area contributed by atoms with E-state index in [0.29, 0.717) is 6.42 Å². The summed E-state index contributed by atoms with van der Waals surface area (Å²) >= 11 is 0. The van der Waals surface area contributed by atoms with E-state index in [-0.39, 0.29) is 5.91 Å². The average Bonchev–Trinajstić information content (AvgIpc) is 2.77. The zero-order valence-electron chi connectivity index (χ0n) is 13.1. The van der Waals surface area contributed by atoms with Gasteiger partial charge in [0.1, 0.15) is 0 Å². The molecule has 0 saturated carbocycles. The first-order valence-corrected chi connectivity index (χ1v) is 7.60. The van der Waals surface area contributed by atoms with Gasteiger partial charge in [-0.2, -0.15) is 0 Å². The van der Waals surface area contributed by atoms with Crippen molar-refractivity contribution in [2.24, 2.45) is 0 Å². The Morgan fingerprint density at radius 2 is 2.19 bits per heavy atom. The molecule has 0 unspecified atom stereocenters. The molecule has 1 aromatic heterocycles. The first-order valence-electron chi connectivity index (χ1n) is 7.60. The fourth-order valence-corrected chi connectivity index (χ4v) is 3.29. The number of amides is 1. The van der Waals surface area contributed by atoms with Crippen LogP contribution in [0.25, 0.3) is 10.9 Å². The molecule has 3 rings (SSSR count). The minimum Gasteiger partial charge on any atom is -0.359 e. The van der Waals surface area contributed by atoms with Crippen molar-refractivity contribution in [3.63, 3.8) is 0 Å². The summed E-state index contributed by atoms with van der Waals surface area (Å²) in [6, 6.07) is 6.64. The molecule has 1 aliphatic rings. The highest BCUT2D eigenvalue weighted by atomic mass is 16.1. The lowest BCUT2D eigenvalue weighted by molar-refractivity contribution is -0.120. The monoisotopic (exact) mass is 285 g/mol. The lowest BCUT2D eigenvalue weighted by atomic mass is 10.0. The zero-order valence-corrected chi connectivity index (χ0v) is 13.1. The van der Waals surface area contributed by atoms with Crippen LogP contribution in [0.5, 0.6) is 0 Å². The summed E-state index contributed by atoms with van der Waals surface area (Å²) in [5.41, 5.74) is 5.42. The second kappa shape index (κ2) is 5.53. The Hall–Kier alpha value is -1.81. The highest BCUT2D eigenvalue weighted by Gasteiger charge is 2.22. The Balaban J connectivity index is 2.08. The molecule has 0 bridgehead atoms. The van der Waals surface area contributed by atoms with Crippen molar-refractivity contribution in [2.45, 2.75) is 32.9 Å². The average molecular weight is 285 g/mol. The SMILES string of the molecule is CNC(=O)CCn1c2c(c3cc(C)ccc31)CN(C)CC2. The summed E-state index contributed by atoms with van der Waals surface area (Å²) in [5.74, 6) is 0.102. The fourth-order valence-electron chi connectivity index (χ4n) is 3.29. The van der Waals surface area contributed by atoms with Crippen molar-refractivity contribution in [2.75, 3.05) is 20.6 Å². The second-order valence-corrected chi connectivity index (χ2v) is 6.01. The molecular weight excluding hydrogens is 262 g/mol. The molecule has 0 fully saturated rings. The number of hydrogen-bond acceptors (Lipinski definition) is 2. The van der Waals surface area contributed by atoms with Gasteiger partial charge in [-0.1, -0.05) is 11.6 Å². The molecule has 0 atom stereocenters. The Morgan fingerprint density at radius 3 is 2.95 bits per heavy atom. The molecule has 112 valence electrons. The minimum absolute atomic E-state index is 0.102. The standard InChI is InChI=1S/C17H23N3O/c1-12-4-5-15-13(10-12)14-11-19(3)8-6-16(14)20(15)9-7-17(21)18-2/h4-5,10H,6-9,11H2,1-3H3,(H,18,21). The number of likely N-dealkylation sites (N-methyl/N-ethyl adjacent to an activating group) is 1. The van der Waals surface area contributed by atoms with Gasteiger partial charge >= 0.3 is 0 Å². The Bertz CT molecular complexity index is 687. The predicted molar refractivity (Wildman–Crippen MR) is 85.4 cm³/mol. The fraction of sp³-hybridized carbons (Fsp3) is 0.471. The molecule has 0 radical (unpaired) electrons. The van der Waals surface area contributed by atoms with E-state index in [2.05, 4.69) is 47.0 Å². The van der Waals surface area contributed by atoms with Crippen LogP contribution in [0, 0.1) is 6.92 Å². The molecule has 0 spiro atoms. The van der Waals surface area contributed by atoms with Gasteiger partial charge in [-0.25, -0.2) is 0 Å². The molecule has 2 aromatic rings. The van der Waals surface area contributed by atoms with Gasteiger partial charge in [0, 0.05) is 56.1 Å². The van der Waals surface area contributed by atoms with E-state index in [1.54, 1.807) is 7.05 Å². The summed E-state index contributed by atoms with van der Waals surface area (Å²) < 4.78 is 2.35. The summed E-state index contributed by atoms with van der Waals surface area (Å²) in [6.45, 7) is 4.99. The molecule has 4 nitrogen and oxygen atoms in total. The lowest BCUT2D eigenvalue weighted by Crippen LogP contribution is -2.28. The molecule has 1 aliphatic heterocycles. The van der Waals surface area contributed by atoms with Gasteiger partial charge in [0.15, 0.2) is 0 Å². The van der Waals surface area contributed by atoms with Crippen molar-refractivity contribution in [1.82, 2.24) is 14.8 Å². The first-order chi connectivity index (χ1) is 10.1. The molecule has 1 amide bonds. The zero-order chi connectivity index (χ0) is 15.0. The van der Waals surface area contributed by atoms with Crippen molar-refractivity contribution >= 4 is 16.8 Å². The number of hydrogen-bond donors (Lipinski definition) is 1. The van der Waals surface area contributed by atoms with E-state index in [1.807, 2.05) is 0 Å². The summed E-state index contributed by atoms with van der Waals surface area (Å²) in [7, 11) is 3.87. The maximum Gasteiger partial charge on any atom is 0.221 e. The van der Waals surface area contributed by atoms with Gasteiger partial charge in [0.05, 0.1) is 0 Å². The van der Waals surface area contributed by atoms with Crippen molar-refractivity contribution in [1.29, 1.82) is 0 Å². The highest BCUT2D eigenvalue weighted by Crippen LogP contribution is 2.31. The largest absolute Gasteiger partial charge is 0.359 e. The third-order valence-electron chi connectivity index (χ3n) is 4.44. The first kappa shape index (κ1) is 14.1. The van der Waals surface area contributed by atoms with Crippen LogP contribution >= 0.6 is 0 Å². The van der Waals surface area contributed by atoms with Crippen molar-refractivity contribution in [3.8, 4) is 0 Å². The van der Waals surface area contributed by atoms with E-state index in [0.717, 1.165) is 26.1 Å². The van der Waals surface area contributed by atoms with Crippen LogP contribution in [0.4, 0.5) is 0 Å². The number of fused-ring (bicyclic) bond motifs is 3. The van der Waals surface area contributed by atoms with Crippen LogP contribution in [0.1, 0.15) is 23.2 Å². The lowest BCUT2D eigenvalue weighted by Gasteiger charge is -2.24. The Morgan fingerprint density at radius 1 is 1.38 bits per heavy atom. The number of carbonyl (C=O) groups is 1. The van der Waals surface area contributed by atoms with E-state index >= 15 is 0 Å². The van der Waals surface area contributed by atoms with E-state index < -0.39 is 0 Å². The molecular formula is C17H23N3O. The van der Waals surface area contributed by atoms with Gasteiger partial charge in [0.2, 0.25) is 5.91 Å². The van der Waals surface area contributed by atoms with Crippen LogP contribution in [-0.4, -0.2) is 36.0 Å². The Kier molecular flexibility index (Phi) is 3.72. The molecule has 0 aliphatic carbocycles. The van der Waals surface area contributed by atoms with Gasteiger partial charge in [-0.05, 0) is 31.7 Å². The summed E-state index contributed by atoms with van der Waals surface area (Å²) in [4.78, 5) is 14.0. The van der Waals surface area contributed by atoms with Crippen LogP contribution in [-0.2, 0) is 24.3 Å². The van der Waals surface area contributed by atoms with E-state index in [1.165, 1.54) is 27.7 Å². The number of benzene rings is 1. The maximum absolute atomic E-state index is 11.6. The molecule has 21 heavy (non-hydrogen) atoms. The third-order valence-corrected chi connectivity index (χ3v) is 4.44. The molecule has 1 N–H and O–H groups in total. The number of carbonyl (C=O) groups excluding carboxylic acids is 1. The molecule has 2 heterocycles. The van der Waals surface area contributed by atoms with Crippen molar-refractivity contribution in [3.05, 3.63) is 35.0 Å². The number of aryl methyl sites for hydroxylation is 2. The second-order valence-electron chi connectivity index (χ2n) is 6.01. The Labute approximate surface area is 125 Å². The number of nitrogens with zero attached hydrogens (tertiary/aromatic N) is 2. The van der Waals surface area contributed by atoms with Gasteiger partial charge < -0.3 is 14.8 Å². The smallest absolute Gasteiger partial charge is 0.221 e. The van der Waals surface area contributed by atoms with Gasteiger partial charge in [-0.3, -0.25) is 4.79 Å². The quantitative estimate of drug-likeness (QED) is 0.937. The van der Waals surface area contributed by atoms with Crippen LogP contribution in [0.2, 0.25) is 0 Å². The van der Waals surface area contributed by atoms with Crippen LogP contribution in [0.15, 0.2) is 18.2 Å². The molecule has 0 saturated heterocycles. The molecule has 1 aromatic carbocycles. The van der Waals surface area contributed by atoms with Gasteiger partial charge in [-0.15, -0.1) is 0 Å². The number of aromatic nitrogens is 1. The molecule has 4 heteroatoms. The normalized spacial score (nSPS) is 15.2. The van der Waals surface area contributed by atoms with Crippen molar-refractivity contribution < 1.29 is 4.79 Å². The third kappa shape index (κ3) is 2.56. The maximum atomic E-state index is 11.6. The number of rotatable bonds is 3. The predicted octanol–water partition coefficient (Wildman–Crippen LogP) is 2.07. The minimum atomic E-state index is 0.102. The van der Waals surface area contributed by atoms with Crippen LogP contribution in [0.3, 0.4) is 0 Å². The van der Waals surface area contributed by atoms with E-state index in [9.17, 15) is 4.79 Å². The van der Waals surface area contributed by atoms with E-state index in [4.69, 9.17) is 0 Å². The number of nitrogens with one attached hydrogen (secondary N) is 1. The summed E-state index contributed by atoms with van der Waals surface area (Å²) in [6.07, 6.45) is 1.60.